The smallest absolute Gasteiger partial charge is 0.133 e. The van der Waals surface area contributed by atoms with Gasteiger partial charge in [0.2, 0.25) is 0 Å². The van der Waals surface area contributed by atoms with Crippen LogP contribution in [0.1, 0.15) is 50.7 Å². The van der Waals surface area contributed by atoms with Crippen LogP contribution in [-0.2, 0) is 6.54 Å². The average molecular weight is 480 g/mol. The zero-order valence-electron chi connectivity index (χ0n) is 20.6. The number of benzene rings is 3. The first-order valence-corrected chi connectivity index (χ1v) is 13.1. The molecule has 1 unspecified atom stereocenters. The van der Waals surface area contributed by atoms with Gasteiger partial charge in [0.15, 0.2) is 0 Å². The van der Waals surface area contributed by atoms with E-state index >= 15 is 4.39 Å². The second kappa shape index (κ2) is 8.27. The third kappa shape index (κ3) is 3.63. The minimum atomic E-state index is -0.260. The molecule has 4 atom stereocenters. The van der Waals surface area contributed by atoms with Crippen molar-refractivity contribution in [3.8, 4) is 22.4 Å². The number of imidazole rings is 2. The molecule has 2 aliphatic rings. The highest BCUT2D eigenvalue weighted by atomic mass is 19.1. The third-order valence-corrected chi connectivity index (χ3v) is 8.34. The molecule has 0 amide bonds. The van der Waals surface area contributed by atoms with Crippen LogP contribution in [0.3, 0.4) is 0 Å². The van der Waals surface area contributed by atoms with Crippen LogP contribution in [0.2, 0.25) is 0 Å². The second-order valence-electron chi connectivity index (χ2n) is 10.6. The molecular weight excluding hydrogens is 449 g/mol. The van der Waals surface area contributed by atoms with Gasteiger partial charge >= 0.3 is 0 Å². The summed E-state index contributed by atoms with van der Waals surface area (Å²) in [5, 5.41) is 5.66. The van der Waals surface area contributed by atoms with Crippen molar-refractivity contribution in [1.29, 1.82) is 0 Å². The molecule has 3 N–H and O–H groups in total. The monoisotopic (exact) mass is 479 g/mol. The van der Waals surface area contributed by atoms with E-state index in [1.54, 1.807) is 12.3 Å². The lowest BCUT2D eigenvalue weighted by Gasteiger charge is -2.21. The first kappa shape index (κ1) is 21.7. The van der Waals surface area contributed by atoms with E-state index in [2.05, 4.69) is 64.4 Å². The van der Waals surface area contributed by atoms with E-state index in [0.717, 1.165) is 62.8 Å². The lowest BCUT2D eigenvalue weighted by Crippen LogP contribution is -2.24. The highest BCUT2D eigenvalue weighted by Gasteiger charge is 2.54. The molecule has 5 nitrogen and oxygen atoms in total. The van der Waals surface area contributed by atoms with Crippen LogP contribution in [0.25, 0.3) is 44.2 Å². The molecule has 7 rings (SSSR count). The predicted octanol–water partition coefficient (Wildman–Crippen LogP) is 6.92. The van der Waals surface area contributed by atoms with E-state index in [0.29, 0.717) is 29.8 Å². The van der Waals surface area contributed by atoms with Gasteiger partial charge in [0.1, 0.15) is 17.5 Å². The minimum Gasteiger partial charge on any atom is -0.342 e. The predicted molar refractivity (Wildman–Crippen MR) is 142 cm³/mol. The molecule has 2 aliphatic carbocycles. The van der Waals surface area contributed by atoms with E-state index in [1.807, 2.05) is 12.1 Å². The van der Waals surface area contributed by atoms with Crippen LogP contribution in [0.15, 0.2) is 54.7 Å². The fourth-order valence-electron chi connectivity index (χ4n) is 5.75. The third-order valence-electron chi connectivity index (χ3n) is 8.34. The van der Waals surface area contributed by atoms with Crippen molar-refractivity contribution in [1.82, 2.24) is 25.3 Å². The van der Waals surface area contributed by atoms with Gasteiger partial charge in [-0.25, -0.2) is 14.4 Å². The van der Waals surface area contributed by atoms with Crippen LogP contribution in [-0.4, -0.2) is 26.0 Å². The van der Waals surface area contributed by atoms with Crippen LogP contribution in [0.5, 0.6) is 0 Å². The number of hydrogen-bond acceptors (Lipinski definition) is 3. The summed E-state index contributed by atoms with van der Waals surface area (Å²) in [6.07, 6.45) is 5.41. The van der Waals surface area contributed by atoms with E-state index in [-0.39, 0.29) is 5.82 Å². The number of nitrogens with one attached hydrogen (secondary N) is 3. The van der Waals surface area contributed by atoms with E-state index in [9.17, 15) is 0 Å². The maximum Gasteiger partial charge on any atom is 0.133 e. The van der Waals surface area contributed by atoms with Crippen molar-refractivity contribution in [2.45, 2.75) is 51.6 Å². The summed E-state index contributed by atoms with van der Waals surface area (Å²) in [6.45, 7) is 4.92. The Labute approximate surface area is 209 Å². The van der Waals surface area contributed by atoms with Crippen LogP contribution in [0, 0.1) is 17.7 Å². The van der Waals surface area contributed by atoms with Gasteiger partial charge in [0, 0.05) is 22.9 Å². The number of aromatic amines is 2. The first-order chi connectivity index (χ1) is 17.6. The Bertz CT molecular complexity index is 1600. The van der Waals surface area contributed by atoms with Gasteiger partial charge in [0.05, 0.1) is 29.5 Å². The van der Waals surface area contributed by atoms with Gasteiger partial charge in [0.25, 0.3) is 0 Å². The van der Waals surface area contributed by atoms with Crippen molar-refractivity contribution in [3.05, 3.63) is 72.2 Å². The summed E-state index contributed by atoms with van der Waals surface area (Å²) < 4.78 is 15.2. The van der Waals surface area contributed by atoms with Crippen molar-refractivity contribution < 1.29 is 4.39 Å². The summed E-state index contributed by atoms with van der Waals surface area (Å²) in [7, 11) is 0. The van der Waals surface area contributed by atoms with E-state index < -0.39 is 0 Å². The molecule has 0 bridgehead atoms. The maximum absolute atomic E-state index is 15.2. The number of hydrogen-bond donors (Lipinski definition) is 3. The maximum atomic E-state index is 15.2. The molecule has 6 heteroatoms. The van der Waals surface area contributed by atoms with Gasteiger partial charge in [-0.05, 0) is 78.8 Å². The summed E-state index contributed by atoms with van der Waals surface area (Å²) in [4.78, 5) is 16.2. The van der Waals surface area contributed by atoms with Crippen molar-refractivity contribution >= 4 is 21.8 Å². The number of halogens is 1. The SMILES string of the molecule is CC[C@H](C)NCc1ncc(-c2ccc(-c3ccc4c(ccc5[nH]c([C@@H]6C[C@H]7CC76)nc54)c3)cc2F)[nH]1. The average Bonchev–Trinajstić information content (AvgIpc) is 3.22. The lowest BCUT2D eigenvalue weighted by atomic mass is 9.85. The van der Waals surface area contributed by atoms with Gasteiger partial charge in [-0.2, -0.15) is 0 Å². The van der Waals surface area contributed by atoms with Crippen molar-refractivity contribution in [3.63, 3.8) is 0 Å². The molecule has 0 aliphatic heterocycles. The Balaban J connectivity index is 1.16. The molecule has 36 heavy (non-hydrogen) atoms. The summed E-state index contributed by atoms with van der Waals surface area (Å²) >= 11 is 0. The number of fused-ring (bicyclic) bond motifs is 4. The molecule has 5 aromatic rings. The molecule has 182 valence electrons. The van der Waals surface area contributed by atoms with Gasteiger partial charge < -0.3 is 15.3 Å². The summed E-state index contributed by atoms with van der Waals surface area (Å²) in [5.41, 5.74) is 5.21. The number of H-pyrrole nitrogens is 2. The Morgan fingerprint density at radius 2 is 1.92 bits per heavy atom. The van der Waals surface area contributed by atoms with Gasteiger partial charge in [-0.15, -0.1) is 0 Å². The molecular formula is C30H30FN5. The Morgan fingerprint density at radius 3 is 2.69 bits per heavy atom. The van der Waals surface area contributed by atoms with Crippen LogP contribution in [0.4, 0.5) is 4.39 Å². The quantitative estimate of drug-likeness (QED) is 0.237. The highest BCUT2D eigenvalue weighted by molar-refractivity contribution is 6.05. The van der Waals surface area contributed by atoms with E-state index in [4.69, 9.17) is 4.98 Å². The van der Waals surface area contributed by atoms with Gasteiger partial charge in [-0.3, -0.25) is 0 Å². The Hall–Kier alpha value is -3.51. The summed E-state index contributed by atoms with van der Waals surface area (Å²) in [5.74, 6) is 4.12. The number of nitrogens with zero attached hydrogens (tertiary/aromatic N) is 2. The van der Waals surface area contributed by atoms with Gasteiger partial charge in [-0.1, -0.05) is 31.2 Å². The zero-order valence-corrected chi connectivity index (χ0v) is 20.6. The van der Waals surface area contributed by atoms with Crippen LogP contribution < -0.4 is 5.32 Å². The fraction of sp³-hybridized carbons (Fsp3) is 0.333. The molecule has 2 saturated carbocycles. The minimum absolute atomic E-state index is 0.260. The molecule has 2 heterocycles. The molecule has 2 fully saturated rings. The topological polar surface area (TPSA) is 69.4 Å². The van der Waals surface area contributed by atoms with Crippen molar-refractivity contribution in [2.75, 3.05) is 0 Å². The molecule has 0 spiro atoms. The largest absolute Gasteiger partial charge is 0.342 e. The molecule has 2 aromatic heterocycles. The lowest BCUT2D eigenvalue weighted by molar-refractivity contribution is 0.374. The number of rotatable bonds is 7. The zero-order chi connectivity index (χ0) is 24.4. The highest BCUT2D eigenvalue weighted by Crippen LogP contribution is 2.63. The fourth-order valence-corrected chi connectivity index (χ4v) is 5.75. The second-order valence-corrected chi connectivity index (χ2v) is 10.6. The standard InChI is InChI=1S/C30H30FN5/c1-3-16(2)32-15-28-33-14-27(34-28)22-8-5-18(13-25(22)31)17-4-7-21-19(10-17)6-9-26-29(21)36-30(35-26)24-12-20-11-23(20)24/h4-10,13-14,16,20,23-24,32H,3,11-12,15H2,1-2H3,(H,33,34)(H,35,36)/t16-,20+,23?,24+/m0/s1. The first-order valence-electron chi connectivity index (χ1n) is 13.1. The van der Waals surface area contributed by atoms with Crippen molar-refractivity contribution in [2.24, 2.45) is 11.8 Å². The Morgan fingerprint density at radius 1 is 1.06 bits per heavy atom. The Kier molecular flexibility index (Phi) is 5.00. The molecule has 0 radical (unpaired) electrons. The molecule has 0 saturated heterocycles. The van der Waals surface area contributed by atoms with E-state index in [1.165, 1.54) is 12.8 Å². The molecule has 3 aromatic carbocycles. The summed E-state index contributed by atoms with van der Waals surface area (Å²) in [6, 6.07) is 16.4. The van der Waals surface area contributed by atoms with Crippen LogP contribution >= 0.6 is 0 Å². The normalized spacial score (nSPS) is 21.5. The number of aromatic nitrogens is 4.